The molecule has 13 rings (SSSR count). The topological polar surface area (TPSA) is 21.3 Å². The van der Waals surface area contributed by atoms with E-state index in [9.17, 15) is 0 Å². The largest absolute Gasteiger partial charge is 0.456 e. The minimum atomic E-state index is 0.330. The maximum atomic E-state index is 6.52. The Morgan fingerprint density at radius 3 is 1.84 bits per heavy atom. The van der Waals surface area contributed by atoms with Gasteiger partial charge in [-0.15, -0.1) is 0 Å². The summed E-state index contributed by atoms with van der Waals surface area (Å²) in [5.41, 5.74) is 18.3. The maximum absolute atomic E-state index is 6.52. The van der Waals surface area contributed by atoms with Crippen molar-refractivity contribution in [2.75, 3.05) is 4.90 Å². The van der Waals surface area contributed by atoms with Crippen LogP contribution in [0.3, 0.4) is 0 Å². The van der Waals surface area contributed by atoms with Crippen LogP contribution in [0.15, 0.2) is 241 Å². The van der Waals surface area contributed by atoms with Crippen molar-refractivity contribution in [3.8, 4) is 39.1 Å². The Bertz CT molecular complexity index is 4020. The lowest BCUT2D eigenvalue weighted by Gasteiger charge is -2.29. The third-order valence-corrected chi connectivity index (χ3v) is 13.9. The van der Waals surface area contributed by atoms with Gasteiger partial charge < -0.3 is 13.9 Å². The minimum Gasteiger partial charge on any atom is -0.456 e. The predicted molar refractivity (Wildman–Crippen MR) is 285 cm³/mol. The lowest BCUT2D eigenvalue weighted by molar-refractivity contribution is 0.563. The van der Waals surface area contributed by atoms with Crippen molar-refractivity contribution >= 4 is 72.3 Å². The molecule has 0 bridgehead atoms. The third kappa shape index (κ3) is 6.58. The first-order chi connectivity index (χ1) is 33.7. The smallest absolute Gasteiger partial charge is 0.135 e. The minimum absolute atomic E-state index is 0.330. The van der Waals surface area contributed by atoms with E-state index in [2.05, 4.69) is 259 Å². The number of para-hydroxylation sites is 4. The van der Waals surface area contributed by atoms with E-state index in [0.717, 1.165) is 56.7 Å². The molecule has 2 heterocycles. The molecule has 0 amide bonds. The molecule has 0 saturated heterocycles. The molecule has 0 aliphatic heterocycles. The molecule has 10 aromatic carbocycles. The van der Waals surface area contributed by atoms with Gasteiger partial charge in [0.1, 0.15) is 11.0 Å². The van der Waals surface area contributed by atoms with Crippen molar-refractivity contribution in [1.82, 2.24) is 4.57 Å². The normalized spacial score (nSPS) is 13.5. The lowest BCUT2D eigenvalue weighted by Crippen LogP contribution is -2.29. The van der Waals surface area contributed by atoms with E-state index in [4.69, 9.17) is 4.42 Å². The number of furan rings is 1. The van der Waals surface area contributed by atoms with E-state index < -0.39 is 0 Å². The van der Waals surface area contributed by atoms with Gasteiger partial charge in [0, 0.05) is 44.0 Å². The van der Waals surface area contributed by atoms with Crippen LogP contribution in [0.2, 0.25) is 0 Å². The monoisotopic (exact) mass is 870 g/mol. The fourth-order valence-corrected chi connectivity index (χ4v) is 11.0. The zero-order chi connectivity index (χ0) is 45.1. The molecule has 68 heavy (non-hydrogen) atoms. The molecular formula is C65H46N2O. The van der Waals surface area contributed by atoms with Crippen molar-refractivity contribution in [2.45, 2.75) is 13.3 Å². The fraction of sp³-hybridized carbons (Fsp3) is 0.0462. The molecular weight excluding hydrogens is 825 g/mol. The summed E-state index contributed by atoms with van der Waals surface area (Å²) >= 11 is 0. The molecule has 12 aromatic rings. The highest BCUT2D eigenvalue weighted by atomic mass is 16.3. The third-order valence-electron chi connectivity index (χ3n) is 13.9. The van der Waals surface area contributed by atoms with Crippen molar-refractivity contribution in [3.63, 3.8) is 0 Å². The second-order valence-electron chi connectivity index (χ2n) is 18.1. The number of benzene rings is 10. The molecule has 1 unspecified atom stereocenters. The average Bonchev–Trinajstić information content (AvgIpc) is 3.95. The molecule has 1 aliphatic rings. The Morgan fingerprint density at radius 2 is 1.03 bits per heavy atom. The quantitative estimate of drug-likeness (QED) is 0.152. The van der Waals surface area contributed by atoms with Crippen LogP contribution in [0, 0.1) is 5.92 Å². The van der Waals surface area contributed by atoms with Crippen LogP contribution in [0.4, 0.5) is 17.1 Å². The van der Waals surface area contributed by atoms with E-state index in [0.29, 0.717) is 5.92 Å². The molecule has 0 N–H and O–H groups in total. The Morgan fingerprint density at radius 1 is 0.456 bits per heavy atom. The van der Waals surface area contributed by atoms with E-state index in [1.165, 1.54) is 71.2 Å². The number of fused-ring (bicyclic) bond motifs is 7. The Hall–Kier alpha value is -8.66. The van der Waals surface area contributed by atoms with Crippen molar-refractivity contribution in [1.29, 1.82) is 0 Å². The van der Waals surface area contributed by atoms with Crippen molar-refractivity contribution in [3.05, 3.63) is 253 Å². The zero-order valence-electron chi connectivity index (χ0n) is 37.7. The molecule has 1 aliphatic carbocycles. The summed E-state index contributed by atoms with van der Waals surface area (Å²) in [5.74, 6) is 0.330. The van der Waals surface area contributed by atoms with Gasteiger partial charge in [0.2, 0.25) is 0 Å². The predicted octanol–water partition coefficient (Wildman–Crippen LogP) is 16.2. The highest BCUT2D eigenvalue weighted by molar-refractivity contribution is 6.16. The van der Waals surface area contributed by atoms with Crippen LogP contribution < -0.4 is 15.5 Å². The van der Waals surface area contributed by atoms with Gasteiger partial charge in [-0.3, -0.25) is 0 Å². The number of rotatable bonds is 8. The number of aromatic nitrogens is 1. The van der Waals surface area contributed by atoms with Gasteiger partial charge in [0.05, 0.1) is 16.7 Å². The summed E-state index contributed by atoms with van der Waals surface area (Å²) in [7, 11) is 0. The molecule has 0 radical (unpaired) electrons. The molecule has 0 fully saturated rings. The average molecular weight is 871 g/mol. The van der Waals surface area contributed by atoms with Crippen LogP contribution >= 0.6 is 0 Å². The highest BCUT2D eigenvalue weighted by Gasteiger charge is 2.24. The second-order valence-corrected chi connectivity index (χ2v) is 18.1. The number of hydrogen-bond donors (Lipinski definition) is 0. The molecule has 0 saturated carbocycles. The Labute approximate surface area is 395 Å². The second kappa shape index (κ2) is 16.3. The summed E-state index contributed by atoms with van der Waals surface area (Å²) in [6.07, 6.45) is 3.22. The maximum Gasteiger partial charge on any atom is 0.135 e. The molecule has 2 aromatic heterocycles. The Kier molecular flexibility index (Phi) is 9.54. The Balaban J connectivity index is 1.06. The summed E-state index contributed by atoms with van der Waals surface area (Å²) in [4.78, 5) is 2.48. The fourth-order valence-electron chi connectivity index (χ4n) is 11.0. The summed E-state index contributed by atoms with van der Waals surface area (Å²) in [6, 6.07) is 86.2. The molecule has 3 heteroatoms. The lowest BCUT2D eigenvalue weighted by atomic mass is 9.89. The van der Waals surface area contributed by atoms with Gasteiger partial charge in [-0.25, -0.2) is 0 Å². The van der Waals surface area contributed by atoms with Gasteiger partial charge in [0.15, 0.2) is 0 Å². The van der Waals surface area contributed by atoms with E-state index in [1.54, 1.807) is 0 Å². The van der Waals surface area contributed by atoms with E-state index >= 15 is 0 Å². The van der Waals surface area contributed by atoms with Crippen LogP contribution in [-0.2, 0) is 0 Å². The van der Waals surface area contributed by atoms with Crippen LogP contribution in [0.1, 0.15) is 18.9 Å². The van der Waals surface area contributed by atoms with Crippen LogP contribution in [0.5, 0.6) is 0 Å². The van der Waals surface area contributed by atoms with E-state index in [1.807, 2.05) is 0 Å². The SMILES string of the molecule is CC1C=c2oc3ccccc3c2=C(c2cccc(N(c3cccc(-c4cccc5c4c4ccccc4n5-c4ccccc4)c3)c3ccccc3-c3cccc4cccc(-c5ccccc5)c34)c2)C1. The first-order valence-corrected chi connectivity index (χ1v) is 23.6. The number of nitrogens with zero attached hydrogens (tertiary/aromatic N) is 2. The van der Waals surface area contributed by atoms with Crippen molar-refractivity contribution < 1.29 is 4.42 Å². The van der Waals surface area contributed by atoms with Gasteiger partial charge >= 0.3 is 0 Å². The summed E-state index contributed by atoms with van der Waals surface area (Å²) in [5, 5.41) is 7.28. The van der Waals surface area contributed by atoms with E-state index in [-0.39, 0.29) is 0 Å². The molecule has 1 atom stereocenters. The zero-order valence-corrected chi connectivity index (χ0v) is 37.7. The summed E-state index contributed by atoms with van der Waals surface area (Å²) in [6.45, 7) is 2.29. The molecule has 3 nitrogen and oxygen atoms in total. The van der Waals surface area contributed by atoms with Crippen LogP contribution in [-0.4, -0.2) is 4.57 Å². The van der Waals surface area contributed by atoms with Crippen molar-refractivity contribution in [2.24, 2.45) is 5.92 Å². The molecule has 322 valence electrons. The number of anilines is 3. The highest BCUT2D eigenvalue weighted by Crippen LogP contribution is 2.47. The first-order valence-electron chi connectivity index (χ1n) is 23.6. The van der Waals surface area contributed by atoms with Gasteiger partial charge in [-0.05, 0) is 129 Å². The number of hydrogen-bond acceptors (Lipinski definition) is 2. The molecule has 0 spiro atoms. The van der Waals surface area contributed by atoms with Crippen LogP contribution in [0.25, 0.3) is 94.3 Å². The standard InChI is InChI=1S/C65H46N2O/c1-43-39-57(65-56-31-10-13-38-61(56)68-62(65)40-43)47-24-15-28-50(42-47)66(58-35-11-8-29-53(58)54-34-17-22-45-21-16-32-51(63(45)54)44-19-4-2-5-20-44)49-27-14-23-46(41-49)52-33-18-37-60-64(52)55-30-9-12-36-59(55)67(60)48-25-6-3-7-26-48/h2-38,40-43H,39H2,1H3. The van der Waals surface area contributed by atoms with Gasteiger partial charge in [-0.1, -0.05) is 183 Å². The van der Waals surface area contributed by atoms with Gasteiger partial charge in [-0.2, -0.15) is 0 Å². The first kappa shape index (κ1) is 39.7. The summed E-state index contributed by atoms with van der Waals surface area (Å²) < 4.78 is 8.92. The van der Waals surface area contributed by atoms with Gasteiger partial charge in [0.25, 0.3) is 0 Å².